The molecule has 0 aromatic heterocycles. The van der Waals surface area contributed by atoms with Gasteiger partial charge in [-0.3, -0.25) is 0 Å². The molecule has 0 bridgehead atoms. The molecule has 0 spiro atoms. The monoisotopic (exact) mass is 768 g/mol. The van der Waals surface area contributed by atoms with Gasteiger partial charge in [0.25, 0.3) is 0 Å². The van der Waals surface area contributed by atoms with Crippen LogP contribution in [0.1, 0.15) is 72.9 Å². The standard InChI is InChI=1S/2C21H23.C2H6Si.2ClH.Zr/c2*1-4-5-9-17-13-18-10-7-12-20(21(18)14-17)19-11-6-8-15(2)16(19)3;1-3-2;;;/h2*6-8,10-14H,4-5,9H2,1-3H3;1-2H3;2*1H;/q2*-1;;;;+4/p-2. The van der Waals surface area contributed by atoms with Crippen LogP contribution in [0.25, 0.3) is 43.8 Å². The predicted molar refractivity (Wildman–Crippen MR) is 215 cm³/mol. The van der Waals surface area contributed by atoms with Crippen LogP contribution >= 0.6 is 17.0 Å². The molecular formula is C44H52Cl2SiZr. The summed E-state index contributed by atoms with van der Waals surface area (Å²) in [4.78, 5) is 0. The van der Waals surface area contributed by atoms with Gasteiger partial charge in [0.05, 0.1) is 0 Å². The third-order valence-corrected chi connectivity index (χ3v) is 9.05. The van der Waals surface area contributed by atoms with Gasteiger partial charge in [-0.05, 0) is 73.9 Å². The van der Waals surface area contributed by atoms with Crippen molar-refractivity contribution < 1.29 is 20.8 Å². The van der Waals surface area contributed by atoms with Crippen molar-refractivity contribution in [3.8, 4) is 22.3 Å². The van der Waals surface area contributed by atoms with Crippen molar-refractivity contribution in [1.82, 2.24) is 0 Å². The van der Waals surface area contributed by atoms with Gasteiger partial charge in [-0.2, -0.15) is 12.1 Å². The van der Waals surface area contributed by atoms with Gasteiger partial charge in [-0.15, -0.1) is 69.1 Å². The molecule has 0 amide bonds. The van der Waals surface area contributed by atoms with Crippen LogP contribution in [0.15, 0.2) is 97.1 Å². The van der Waals surface area contributed by atoms with Crippen molar-refractivity contribution in [2.75, 3.05) is 0 Å². The first-order chi connectivity index (χ1) is 23.2. The Hall–Kier alpha value is -2.22. The first-order valence-electron chi connectivity index (χ1n) is 17.3. The summed E-state index contributed by atoms with van der Waals surface area (Å²) < 4.78 is 0. The molecule has 0 nitrogen and oxygen atoms in total. The van der Waals surface area contributed by atoms with Crippen molar-refractivity contribution in [1.29, 1.82) is 0 Å². The van der Waals surface area contributed by atoms with Gasteiger partial charge in [0.1, 0.15) is 0 Å². The quantitative estimate of drug-likeness (QED) is 0.107. The van der Waals surface area contributed by atoms with E-state index in [2.05, 4.69) is 152 Å². The van der Waals surface area contributed by atoms with Gasteiger partial charge < -0.3 is 0 Å². The van der Waals surface area contributed by atoms with E-state index in [-0.39, 0.29) is 0 Å². The van der Waals surface area contributed by atoms with Crippen LogP contribution in [-0.2, 0) is 33.7 Å². The van der Waals surface area contributed by atoms with Crippen molar-refractivity contribution in [3.63, 3.8) is 0 Å². The zero-order valence-corrected chi connectivity index (χ0v) is 35.2. The number of fused-ring (bicyclic) bond motifs is 2. The zero-order valence-electron chi connectivity index (χ0n) is 30.2. The van der Waals surface area contributed by atoms with Gasteiger partial charge in [0.2, 0.25) is 0 Å². The summed E-state index contributed by atoms with van der Waals surface area (Å²) in [6.45, 7) is 17.6. The molecule has 48 heavy (non-hydrogen) atoms. The topological polar surface area (TPSA) is 0 Å². The van der Waals surface area contributed by atoms with Gasteiger partial charge in [-0.1, -0.05) is 112 Å². The molecular weight excluding hydrogens is 719 g/mol. The molecule has 250 valence electrons. The summed E-state index contributed by atoms with van der Waals surface area (Å²) in [5.41, 5.74) is 13.9. The third-order valence-electron chi connectivity index (χ3n) is 9.05. The normalized spacial score (nSPS) is 10.4. The second-order valence-electron chi connectivity index (χ2n) is 12.6. The Kier molecular flexibility index (Phi) is 17.7. The van der Waals surface area contributed by atoms with E-state index in [1.165, 1.54) is 116 Å². The Labute approximate surface area is 312 Å². The molecule has 4 heteroatoms. The maximum absolute atomic E-state index is 4.93. The van der Waals surface area contributed by atoms with Crippen LogP contribution in [0.3, 0.4) is 0 Å². The molecule has 0 atom stereocenters. The average Bonchev–Trinajstić information content (AvgIpc) is 3.70. The summed E-state index contributed by atoms with van der Waals surface area (Å²) in [7, 11) is 11.0. The van der Waals surface area contributed by atoms with Gasteiger partial charge in [0.15, 0.2) is 0 Å². The Morgan fingerprint density at radius 3 is 1.25 bits per heavy atom. The van der Waals surface area contributed by atoms with E-state index in [0.29, 0.717) is 0 Å². The van der Waals surface area contributed by atoms with Crippen LogP contribution in [0, 0.1) is 27.7 Å². The van der Waals surface area contributed by atoms with Crippen molar-refractivity contribution in [3.05, 3.63) is 130 Å². The second kappa shape index (κ2) is 21.1. The zero-order chi connectivity index (χ0) is 35.1. The van der Waals surface area contributed by atoms with E-state index < -0.39 is 20.8 Å². The number of halogens is 2. The second-order valence-corrected chi connectivity index (χ2v) is 17.3. The fourth-order valence-electron chi connectivity index (χ4n) is 6.20. The first-order valence-corrected chi connectivity index (χ1v) is 25.6. The maximum atomic E-state index is 4.93. The van der Waals surface area contributed by atoms with Crippen LogP contribution in [0.2, 0.25) is 13.1 Å². The molecule has 6 aromatic carbocycles. The fourth-order valence-corrected chi connectivity index (χ4v) is 6.20. The van der Waals surface area contributed by atoms with E-state index in [1.54, 1.807) is 0 Å². The molecule has 6 aromatic rings. The van der Waals surface area contributed by atoms with Crippen molar-refractivity contribution >= 4 is 48.1 Å². The number of hydrogen-bond acceptors (Lipinski definition) is 0. The fraction of sp³-hybridized carbons (Fsp3) is 0.318. The van der Waals surface area contributed by atoms with E-state index >= 15 is 0 Å². The van der Waals surface area contributed by atoms with E-state index in [4.69, 9.17) is 17.0 Å². The van der Waals surface area contributed by atoms with Gasteiger partial charge in [-0.25, -0.2) is 0 Å². The van der Waals surface area contributed by atoms with Crippen LogP contribution < -0.4 is 0 Å². The Morgan fingerprint density at radius 1 is 0.562 bits per heavy atom. The molecule has 0 saturated carbocycles. The van der Waals surface area contributed by atoms with E-state index in [1.807, 2.05) is 0 Å². The molecule has 0 N–H and O–H groups in total. The molecule has 0 saturated heterocycles. The number of hydrogen-bond donors (Lipinski definition) is 0. The third kappa shape index (κ3) is 10.9. The molecule has 0 unspecified atom stereocenters. The number of unbranched alkanes of at least 4 members (excludes halogenated alkanes) is 2. The summed E-state index contributed by atoms with van der Waals surface area (Å²) >= 11 is -0.826. The molecule has 0 aliphatic carbocycles. The Balaban J connectivity index is 0.000000224. The molecule has 6 rings (SSSR count). The molecule has 0 aliphatic rings. The molecule has 0 fully saturated rings. The molecule has 2 radical (unpaired) electrons. The summed E-state index contributed by atoms with van der Waals surface area (Å²) in [6.07, 6.45) is 7.44. The van der Waals surface area contributed by atoms with E-state index in [9.17, 15) is 0 Å². The number of benzene rings is 4. The summed E-state index contributed by atoms with van der Waals surface area (Å²) in [5.74, 6) is 0. The van der Waals surface area contributed by atoms with Gasteiger partial charge >= 0.3 is 37.9 Å². The predicted octanol–water partition coefficient (Wildman–Crippen LogP) is 14.5. The summed E-state index contributed by atoms with van der Waals surface area (Å²) in [6, 6.07) is 36.1. The number of rotatable bonds is 8. The average molecular weight is 771 g/mol. The van der Waals surface area contributed by atoms with E-state index in [0.717, 1.165) is 9.52 Å². The summed E-state index contributed by atoms with van der Waals surface area (Å²) in [5, 5.41) is 5.55. The van der Waals surface area contributed by atoms with Crippen LogP contribution in [0.5, 0.6) is 0 Å². The van der Waals surface area contributed by atoms with Crippen molar-refractivity contribution in [2.45, 2.75) is 93.2 Å². The number of aryl methyl sites for hydroxylation is 4. The SMILES string of the molecule is CCCCc1cc2c(-c3cccc(C)c3C)cccc2[cH-]1.CCCCc1cc2c(-c3cccc(C)c3C)cccc2[cH-]1.C[Si]C.[Cl][Zr+2][Cl]. The van der Waals surface area contributed by atoms with Crippen LogP contribution in [0.4, 0.5) is 0 Å². The molecule has 0 aliphatic heterocycles. The molecule has 0 heterocycles. The first kappa shape index (κ1) is 40.2. The Morgan fingerprint density at radius 2 is 0.896 bits per heavy atom. The van der Waals surface area contributed by atoms with Gasteiger partial charge in [0, 0.05) is 9.52 Å². The van der Waals surface area contributed by atoms with Crippen LogP contribution in [-0.4, -0.2) is 9.52 Å². The van der Waals surface area contributed by atoms with Crippen molar-refractivity contribution in [2.24, 2.45) is 0 Å². The minimum absolute atomic E-state index is 0.826. The minimum atomic E-state index is -0.826. The Bertz CT molecular complexity index is 1710.